The third-order valence-corrected chi connectivity index (χ3v) is 7.08. The van der Waals surface area contributed by atoms with E-state index in [1.807, 2.05) is 4.90 Å². The molecule has 0 spiro atoms. The number of nitrogens with one attached hydrogen (secondary N) is 2. The summed E-state index contributed by atoms with van der Waals surface area (Å²) < 4.78 is 85.5. The van der Waals surface area contributed by atoms with Gasteiger partial charge in [0.25, 0.3) is 6.01 Å². The molecule has 3 aromatic rings. The van der Waals surface area contributed by atoms with Gasteiger partial charge in [-0.25, -0.2) is 15.0 Å². The maximum atomic E-state index is 12.8. The van der Waals surface area contributed by atoms with E-state index in [1.54, 1.807) is 0 Å². The van der Waals surface area contributed by atoms with Crippen molar-refractivity contribution in [3.05, 3.63) is 48.7 Å². The van der Waals surface area contributed by atoms with E-state index in [1.165, 1.54) is 42.9 Å². The van der Waals surface area contributed by atoms with Gasteiger partial charge in [0.1, 0.15) is 5.75 Å². The van der Waals surface area contributed by atoms with Crippen LogP contribution in [0.1, 0.15) is 44.3 Å². The summed E-state index contributed by atoms with van der Waals surface area (Å²) in [4.78, 5) is 13.3. The number of halogens is 6. The molecule has 1 saturated heterocycles. The van der Waals surface area contributed by atoms with E-state index in [-0.39, 0.29) is 23.9 Å². The van der Waals surface area contributed by atoms with E-state index in [2.05, 4.69) is 30.3 Å². The van der Waals surface area contributed by atoms with Gasteiger partial charge in [0.2, 0.25) is 5.82 Å². The quantitative estimate of drug-likeness (QED) is 0.333. The van der Waals surface area contributed by atoms with Crippen molar-refractivity contribution in [3.8, 4) is 17.1 Å². The number of anilines is 2. The van der Waals surface area contributed by atoms with Crippen molar-refractivity contribution in [3.63, 3.8) is 0 Å². The monoisotopic (exact) mass is 570 g/mol. The van der Waals surface area contributed by atoms with Crippen LogP contribution in [0.5, 0.6) is 5.75 Å². The number of benzene rings is 1. The molecule has 0 amide bonds. The van der Waals surface area contributed by atoms with Crippen LogP contribution in [0.2, 0.25) is 0 Å². The van der Waals surface area contributed by atoms with E-state index in [4.69, 9.17) is 4.42 Å². The highest BCUT2D eigenvalue weighted by Crippen LogP contribution is 2.30. The van der Waals surface area contributed by atoms with Gasteiger partial charge in [0, 0.05) is 36.8 Å². The van der Waals surface area contributed by atoms with Crippen LogP contribution >= 0.6 is 0 Å². The Morgan fingerprint density at radius 2 is 1.55 bits per heavy atom. The van der Waals surface area contributed by atoms with Crippen molar-refractivity contribution < 1.29 is 35.5 Å². The van der Waals surface area contributed by atoms with E-state index in [0.29, 0.717) is 36.1 Å². The average molecular weight is 571 g/mol. The Bertz CT molecular complexity index is 1250. The first-order valence-electron chi connectivity index (χ1n) is 13.0. The van der Waals surface area contributed by atoms with Crippen molar-refractivity contribution in [2.24, 2.45) is 0 Å². The number of hydrogen-bond donors (Lipinski definition) is 2. The van der Waals surface area contributed by atoms with Gasteiger partial charge in [0.05, 0.1) is 24.3 Å². The minimum atomic E-state index is -4.76. The highest BCUT2D eigenvalue weighted by Gasteiger charge is 2.35. The molecule has 1 aliphatic carbocycles. The van der Waals surface area contributed by atoms with Crippen LogP contribution in [0.15, 0.2) is 47.3 Å². The van der Waals surface area contributed by atoms with Gasteiger partial charge in [0.15, 0.2) is 5.76 Å². The SMILES string of the molecule is FC(F)(F)Oc1ccc(-c2cnc(N[C@@H]3CCCC[C@H]3N[C@H]3CCCN(c4cnc(C(F)(F)F)nc4)C3)o2)cc1. The van der Waals surface area contributed by atoms with E-state index in [0.717, 1.165) is 38.5 Å². The summed E-state index contributed by atoms with van der Waals surface area (Å²) in [5.74, 6) is -1.07. The maximum Gasteiger partial charge on any atom is 0.573 e. The number of alkyl halides is 6. The average Bonchev–Trinajstić information content (AvgIpc) is 3.38. The molecule has 3 heterocycles. The summed E-state index contributed by atoms with van der Waals surface area (Å²) in [6.45, 7) is 1.33. The molecule has 2 aromatic heterocycles. The highest BCUT2D eigenvalue weighted by molar-refractivity contribution is 5.58. The zero-order valence-electron chi connectivity index (χ0n) is 21.3. The predicted molar refractivity (Wildman–Crippen MR) is 134 cm³/mol. The molecule has 40 heavy (non-hydrogen) atoms. The van der Waals surface area contributed by atoms with Gasteiger partial charge in [-0.3, -0.25) is 0 Å². The normalized spacial score (nSPS) is 22.2. The van der Waals surface area contributed by atoms with E-state index < -0.39 is 18.4 Å². The van der Waals surface area contributed by atoms with Crippen molar-refractivity contribution in [1.82, 2.24) is 20.3 Å². The smallest absolute Gasteiger partial charge is 0.424 e. The molecular weight excluding hydrogens is 542 g/mol. The molecule has 1 aromatic carbocycles. The Kier molecular flexibility index (Phi) is 8.06. The summed E-state index contributed by atoms with van der Waals surface area (Å²) >= 11 is 0. The van der Waals surface area contributed by atoms with Gasteiger partial charge < -0.3 is 24.7 Å². The number of ether oxygens (including phenoxy) is 1. The van der Waals surface area contributed by atoms with E-state index >= 15 is 0 Å². The van der Waals surface area contributed by atoms with E-state index in [9.17, 15) is 26.3 Å². The highest BCUT2D eigenvalue weighted by atomic mass is 19.4. The van der Waals surface area contributed by atoms with Crippen molar-refractivity contribution in [2.45, 2.75) is 69.2 Å². The zero-order chi connectivity index (χ0) is 28.3. The van der Waals surface area contributed by atoms with Crippen LogP contribution in [-0.4, -0.2) is 52.5 Å². The minimum Gasteiger partial charge on any atom is -0.424 e. The van der Waals surface area contributed by atoms with Crippen LogP contribution in [0, 0.1) is 0 Å². The molecular formula is C26H28F6N6O2. The Balaban J connectivity index is 1.19. The lowest BCUT2D eigenvalue weighted by atomic mass is 9.89. The molecule has 2 aliphatic rings. The molecule has 0 unspecified atom stereocenters. The second-order valence-electron chi connectivity index (χ2n) is 9.96. The van der Waals surface area contributed by atoms with Gasteiger partial charge in [-0.15, -0.1) is 13.2 Å². The molecule has 14 heteroatoms. The molecule has 0 radical (unpaired) electrons. The molecule has 5 rings (SSSR count). The lowest BCUT2D eigenvalue weighted by molar-refractivity contribution is -0.274. The number of oxazole rings is 1. The van der Waals surface area contributed by atoms with Crippen LogP contribution in [-0.2, 0) is 6.18 Å². The predicted octanol–water partition coefficient (Wildman–Crippen LogP) is 6.03. The molecule has 8 nitrogen and oxygen atoms in total. The number of aromatic nitrogens is 3. The van der Waals surface area contributed by atoms with Crippen LogP contribution in [0.25, 0.3) is 11.3 Å². The van der Waals surface area contributed by atoms with Gasteiger partial charge in [-0.1, -0.05) is 12.8 Å². The lowest BCUT2D eigenvalue weighted by Gasteiger charge is -2.40. The summed E-state index contributed by atoms with van der Waals surface area (Å²) in [7, 11) is 0. The summed E-state index contributed by atoms with van der Waals surface area (Å²) in [5.41, 5.74) is 1.12. The van der Waals surface area contributed by atoms with Crippen LogP contribution in [0.4, 0.5) is 38.0 Å². The summed E-state index contributed by atoms with van der Waals surface area (Å²) in [6.07, 6.45) is 0.339. The van der Waals surface area contributed by atoms with Gasteiger partial charge in [-0.05, 0) is 49.9 Å². The van der Waals surface area contributed by atoms with Gasteiger partial charge >= 0.3 is 12.5 Å². The summed E-state index contributed by atoms with van der Waals surface area (Å²) in [5, 5.41) is 7.09. The fraction of sp³-hybridized carbons (Fsp3) is 0.500. The molecule has 1 aliphatic heterocycles. The molecule has 2 N–H and O–H groups in total. The summed E-state index contributed by atoms with van der Waals surface area (Å²) in [6, 6.07) is 5.95. The second kappa shape index (κ2) is 11.5. The minimum absolute atomic E-state index is 0.0348. The first-order chi connectivity index (χ1) is 19.0. The Morgan fingerprint density at radius 1 is 0.850 bits per heavy atom. The molecule has 3 atom stereocenters. The maximum absolute atomic E-state index is 12.8. The third-order valence-electron chi connectivity index (χ3n) is 7.08. The lowest BCUT2D eigenvalue weighted by Crippen LogP contribution is -2.55. The largest absolute Gasteiger partial charge is 0.573 e. The van der Waals surface area contributed by atoms with Crippen LogP contribution in [0.3, 0.4) is 0 Å². The topological polar surface area (TPSA) is 88.3 Å². The third kappa shape index (κ3) is 7.14. The fourth-order valence-electron chi connectivity index (χ4n) is 5.24. The number of rotatable bonds is 7. The Hall–Kier alpha value is -3.55. The molecule has 216 valence electrons. The molecule has 1 saturated carbocycles. The zero-order valence-corrected chi connectivity index (χ0v) is 21.3. The Labute approximate surface area is 226 Å². The number of nitrogens with zero attached hydrogens (tertiary/aromatic N) is 4. The standard InChI is InChI=1S/C26H28F6N6O2/c27-25(28,29)23-33-12-18(13-34-23)38-11-3-4-17(15-38)36-20-5-1-2-6-21(20)37-24-35-14-22(39-24)16-7-9-19(10-8-16)40-26(30,31)32/h7-10,12-14,17,20-21,36H,1-6,11,15H2,(H,35,37)/t17-,20+,21+/m0/s1. The van der Waals surface area contributed by atoms with Crippen molar-refractivity contribution >= 4 is 11.7 Å². The molecule has 0 bridgehead atoms. The van der Waals surface area contributed by atoms with Gasteiger partial charge in [-0.2, -0.15) is 13.2 Å². The first-order valence-corrected chi connectivity index (χ1v) is 13.0. The van der Waals surface area contributed by atoms with Crippen LogP contribution < -0.4 is 20.3 Å². The van der Waals surface area contributed by atoms with Crippen molar-refractivity contribution in [1.29, 1.82) is 0 Å². The Morgan fingerprint density at radius 3 is 2.23 bits per heavy atom. The second-order valence-corrected chi connectivity index (χ2v) is 9.96. The van der Waals surface area contributed by atoms with Crippen molar-refractivity contribution in [2.75, 3.05) is 23.3 Å². The number of hydrogen-bond acceptors (Lipinski definition) is 8. The first kappa shape index (κ1) is 28.0. The molecule has 2 fully saturated rings. The fourth-order valence-corrected chi connectivity index (χ4v) is 5.24. The number of piperidine rings is 1.